The number of aromatic nitrogens is 6. The SMILES string of the molecule is CC(C)CNc1ncc2c(-c3ccc4ncnn4c3)c[nH]c2n1. The van der Waals surface area contributed by atoms with Gasteiger partial charge in [-0.1, -0.05) is 13.8 Å². The second kappa shape index (κ2) is 5.35. The molecule has 4 aromatic heterocycles. The predicted octanol–water partition coefficient (Wildman–Crippen LogP) is 2.74. The lowest BCUT2D eigenvalue weighted by atomic mass is 10.1. The van der Waals surface area contributed by atoms with Crippen LogP contribution in [0.15, 0.2) is 37.1 Å². The maximum absolute atomic E-state index is 4.53. The second-order valence-electron chi connectivity index (χ2n) is 5.91. The molecule has 0 spiro atoms. The van der Waals surface area contributed by atoms with Crippen molar-refractivity contribution in [1.82, 2.24) is 29.5 Å². The van der Waals surface area contributed by atoms with E-state index in [1.54, 1.807) is 10.8 Å². The molecule has 4 aromatic rings. The minimum Gasteiger partial charge on any atom is -0.354 e. The summed E-state index contributed by atoms with van der Waals surface area (Å²) in [5.74, 6) is 1.19. The molecule has 7 heteroatoms. The van der Waals surface area contributed by atoms with E-state index in [0.717, 1.165) is 34.4 Å². The van der Waals surface area contributed by atoms with E-state index in [4.69, 9.17) is 0 Å². The average Bonchev–Trinajstić information content (AvgIpc) is 3.18. The van der Waals surface area contributed by atoms with Crippen LogP contribution in [0.25, 0.3) is 27.8 Å². The first-order chi connectivity index (χ1) is 11.2. The molecule has 0 bridgehead atoms. The Labute approximate surface area is 132 Å². The zero-order valence-corrected chi connectivity index (χ0v) is 13.0. The molecule has 7 nitrogen and oxygen atoms in total. The lowest BCUT2D eigenvalue weighted by Crippen LogP contribution is -2.10. The van der Waals surface area contributed by atoms with Crippen molar-refractivity contribution < 1.29 is 0 Å². The molecule has 0 amide bonds. The number of H-pyrrole nitrogens is 1. The summed E-state index contributed by atoms with van der Waals surface area (Å²) in [6.07, 6.45) is 7.30. The Morgan fingerprint density at radius 1 is 1.26 bits per heavy atom. The van der Waals surface area contributed by atoms with Crippen molar-refractivity contribution in [3.63, 3.8) is 0 Å². The summed E-state index contributed by atoms with van der Waals surface area (Å²) in [5, 5.41) is 8.41. The molecule has 0 atom stereocenters. The third kappa shape index (κ3) is 2.50. The molecule has 0 radical (unpaired) electrons. The van der Waals surface area contributed by atoms with Crippen molar-refractivity contribution >= 4 is 22.6 Å². The van der Waals surface area contributed by atoms with Gasteiger partial charge in [0.05, 0.1) is 0 Å². The highest BCUT2D eigenvalue weighted by atomic mass is 15.3. The standard InChI is InChI=1S/C16H17N7/c1-10(2)5-18-16-19-7-13-12(6-17-15(13)22-16)11-3-4-14-20-9-21-23(14)8-11/h3-4,6-10H,5H2,1-2H3,(H2,17,18,19,22). The van der Waals surface area contributed by atoms with Gasteiger partial charge in [-0.15, -0.1) is 0 Å². The topological polar surface area (TPSA) is 83.8 Å². The first kappa shape index (κ1) is 13.7. The van der Waals surface area contributed by atoms with Gasteiger partial charge in [-0.3, -0.25) is 0 Å². The third-order valence-electron chi connectivity index (χ3n) is 3.69. The van der Waals surface area contributed by atoms with Crippen LogP contribution in [0.5, 0.6) is 0 Å². The van der Waals surface area contributed by atoms with Crippen LogP contribution in [0.3, 0.4) is 0 Å². The molecule has 0 aliphatic heterocycles. The van der Waals surface area contributed by atoms with E-state index < -0.39 is 0 Å². The molecule has 2 N–H and O–H groups in total. The summed E-state index contributed by atoms with van der Waals surface area (Å²) in [6.45, 7) is 5.15. The summed E-state index contributed by atoms with van der Waals surface area (Å²) in [7, 11) is 0. The Kier molecular flexibility index (Phi) is 3.18. The molecule has 4 heterocycles. The molecular formula is C16H17N7. The van der Waals surface area contributed by atoms with Crippen LogP contribution in [0.2, 0.25) is 0 Å². The lowest BCUT2D eigenvalue weighted by Gasteiger charge is -2.07. The van der Waals surface area contributed by atoms with Crippen LogP contribution < -0.4 is 5.32 Å². The molecule has 0 unspecified atom stereocenters. The van der Waals surface area contributed by atoms with Crippen molar-refractivity contribution in [2.75, 3.05) is 11.9 Å². The van der Waals surface area contributed by atoms with E-state index in [-0.39, 0.29) is 0 Å². The Morgan fingerprint density at radius 2 is 2.17 bits per heavy atom. The molecule has 0 saturated carbocycles. The number of fused-ring (bicyclic) bond motifs is 2. The quantitative estimate of drug-likeness (QED) is 0.605. The normalized spacial score (nSPS) is 11.6. The molecule has 116 valence electrons. The smallest absolute Gasteiger partial charge is 0.224 e. The average molecular weight is 307 g/mol. The molecule has 0 fully saturated rings. The largest absolute Gasteiger partial charge is 0.354 e. The maximum Gasteiger partial charge on any atom is 0.224 e. The van der Waals surface area contributed by atoms with E-state index in [9.17, 15) is 0 Å². The molecule has 23 heavy (non-hydrogen) atoms. The molecule has 0 aliphatic carbocycles. The zero-order chi connectivity index (χ0) is 15.8. The second-order valence-corrected chi connectivity index (χ2v) is 5.91. The fourth-order valence-electron chi connectivity index (χ4n) is 2.50. The van der Waals surface area contributed by atoms with Crippen molar-refractivity contribution in [2.45, 2.75) is 13.8 Å². The van der Waals surface area contributed by atoms with Gasteiger partial charge in [0.15, 0.2) is 5.65 Å². The van der Waals surface area contributed by atoms with Gasteiger partial charge in [0.25, 0.3) is 0 Å². The highest BCUT2D eigenvalue weighted by molar-refractivity contribution is 5.93. The van der Waals surface area contributed by atoms with Gasteiger partial charge in [-0.05, 0) is 18.1 Å². The summed E-state index contributed by atoms with van der Waals surface area (Å²) < 4.78 is 1.76. The highest BCUT2D eigenvalue weighted by Gasteiger charge is 2.10. The van der Waals surface area contributed by atoms with Crippen molar-refractivity contribution in [2.24, 2.45) is 5.92 Å². The Balaban J connectivity index is 1.72. The number of nitrogens with zero attached hydrogens (tertiary/aromatic N) is 5. The molecular weight excluding hydrogens is 290 g/mol. The summed E-state index contributed by atoms with van der Waals surface area (Å²) in [4.78, 5) is 16.3. The van der Waals surface area contributed by atoms with Crippen molar-refractivity contribution in [3.8, 4) is 11.1 Å². The maximum atomic E-state index is 4.53. The van der Waals surface area contributed by atoms with Gasteiger partial charge in [0.2, 0.25) is 5.95 Å². The molecule has 0 aromatic carbocycles. The highest BCUT2D eigenvalue weighted by Crippen LogP contribution is 2.27. The Bertz CT molecular complexity index is 967. The van der Waals surface area contributed by atoms with Crippen LogP contribution in [0.4, 0.5) is 5.95 Å². The van der Waals surface area contributed by atoms with Gasteiger partial charge in [0.1, 0.15) is 12.0 Å². The monoisotopic (exact) mass is 307 g/mol. The zero-order valence-electron chi connectivity index (χ0n) is 13.0. The van der Waals surface area contributed by atoms with Crippen LogP contribution in [0, 0.1) is 5.92 Å². The Morgan fingerprint density at radius 3 is 3.04 bits per heavy atom. The van der Waals surface area contributed by atoms with Gasteiger partial charge >= 0.3 is 0 Å². The third-order valence-corrected chi connectivity index (χ3v) is 3.69. The number of nitrogens with one attached hydrogen (secondary N) is 2. The number of anilines is 1. The minimum absolute atomic E-state index is 0.544. The van der Waals surface area contributed by atoms with Crippen LogP contribution in [-0.2, 0) is 0 Å². The van der Waals surface area contributed by atoms with E-state index >= 15 is 0 Å². The fourth-order valence-corrected chi connectivity index (χ4v) is 2.50. The summed E-state index contributed by atoms with van der Waals surface area (Å²) >= 11 is 0. The van der Waals surface area contributed by atoms with Gasteiger partial charge < -0.3 is 10.3 Å². The van der Waals surface area contributed by atoms with E-state index in [0.29, 0.717) is 11.9 Å². The predicted molar refractivity (Wildman–Crippen MR) is 89.2 cm³/mol. The van der Waals surface area contributed by atoms with Crippen molar-refractivity contribution in [3.05, 3.63) is 37.1 Å². The van der Waals surface area contributed by atoms with Crippen LogP contribution >= 0.6 is 0 Å². The lowest BCUT2D eigenvalue weighted by molar-refractivity contribution is 0.685. The minimum atomic E-state index is 0.544. The summed E-state index contributed by atoms with van der Waals surface area (Å²) in [6, 6.07) is 3.97. The Hall–Kier alpha value is -2.96. The van der Waals surface area contributed by atoms with E-state index in [1.165, 1.54) is 0 Å². The van der Waals surface area contributed by atoms with Crippen LogP contribution in [0.1, 0.15) is 13.8 Å². The molecule has 0 saturated heterocycles. The number of hydrogen-bond donors (Lipinski definition) is 2. The van der Waals surface area contributed by atoms with Crippen molar-refractivity contribution in [1.29, 1.82) is 0 Å². The van der Waals surface area contributed by atoms with E-state index in [1.807, 2.05) is 30.7 Å². The fraction of sp³-hybridized carbons (Fsp3) is 0.250. The number of rotatable bonds is 4. The van der Waals surface area contributed by atoms with Gasteiger partial charge in [-0.2, -0.15) is 10.1 Å². The van der Waals surface area contributed by atoms with Crippen LogP contribution in [-0.4, -0.2) is 36.1 Å². The first-order valence-electron chi connectivity index (χ1n) is 7.58. The summed E-state index contributed by atoms with van der Waals surface area (Å²) in [5.41, 5.74) is 3.73. The van der Waals surface area contributed by atoms with E-state index in [2.05, 4.69) is 44.2 Å². The number of aromatic amines is 1. The van der Waals surface area contributed by atoms with Gasteiger partial charge in [-0.25, -0.2) is 14.5 Å². The number of pyridine rings is 1. The molecule has 0 aliphatic rings. The molecule has 4 rings (SSSR count). The first-order valence-corrected chi connectivity index (χ1v) is 7.58. The number of hydrogen-bond acceptors (Lipinski definition) is 5. The van der Waals surface area contributed by atoms with Gasteiger partial charge in [0, 0.05) is 41.6 Å².